The Balaban J connectivity index is 2.26. The average Bonchev–Trinajstić information content (AvgIpc) is 2.70. The van der Waals surface area contributed by atoms with Crippen LogP contribution in [0.3, 0.4) is 0 Å². The quantitative estimate of drug-likeness (QED) is 0.597. The van der Waals surface area contributed by atoms with E-state index < -0.39 is 0 Å². The van der Waals surface area contributed by atoms with Gasteiger partial charge in [0.2, 0.25) is 0 Å². The van der Waals surface area contributed by atoms with E-state index in [-0.39, 0.29) is 0 Å². The minimum Gasteiger partial charge on any atom is -0.370 e. The van der Waals surface area contributed by atoms with E-state index in [1.165, 1.54) is 33.3 Å². The van der Waals surface area contributed by atoms with Gasteiger partial charge in [0.25, 0.3) is 0 Å². The van der Waals surface area contributed by atoms with Crippen molar-refractivity contribution in [3.63, 3.8) is 0 Å². The second-order valence-corrected chi connectivity index (χ2v) is 6.20. The maximum absolute atomic E-state index is 5.92. The van der Waals surface area contributed by atoms with Crippen molar-refractivity contribution in [3.05, 3.63) is 34.5 Å². The zero-order valence-corrected chi connectivity index (χ0v) is 13.7. The number of benzene rings is 1. The van der Waals surface area contributed by atoms with Gasteiger partial charge >= 0.3 is 0 Å². The number of nitrogens with two attached hydrogens (primary N) is 1. The SMILES string of the molecule is Cc1cc(CN=C(N)NCC(C)C)c2[nH]c(C)c(C)c2c1. The number of fused-ring (bicyclic) bond motifs is 1. The van der Waals surface area contributed by atoms with Crippen molar-refractivity contribution < 1.29 is 0 Å². The number of aliphatic imine (C=N–C) groups is 1. The van der Waals surface area contributed by atoms with Gasteiger partial charge in [-0.2, -0.15) is 0 Å². The molecule has 0 saturated carbocycles. The third kappa shape index (κ3) is 3.57. The molecular formula is C17H26N4. The van der Waals surface area contributed by atoms with Crippen molar-refractivity contribution in [2.75, 3.05) is 6.54 Å². The molecule has 0 aliphatic rings. The Bertz CT molecular complexity index is 665. The first kappa shape index (κ1) is 15.4. The molecule has 0 unspecified atom stereocenters. The number of nitrogens with zero attached hydrogens (tertiary/aromatic N) is 1. The monoisotopic (exact) mass is 286 g/mol. The Hall–Kier alpha value is -1.97. The molecule has 1 aromatic heterocycles. The Labute approximate surface area is 126 Å². The molecule has 114 valence electrons. The molecule has 4 N–H and O–H groups in total. The molecule has 4 heteroatoms. The van der Waals surface area contributed by atoms with E-state index in [2.05, 4.69) is 62.0 Å². The minimum atomic E-state index is 0.512. The van der Waals surface area contributed by atoms with Crippen molar-refractivity contribution in [2.45, 2.75) is 41.2 Å². The van der Waals surface area contributed by atoms with Crippen molar-refractivity contribution >= 4 is 16.9 Å². The summed E-state index contributed by atoms with van der Waals surface area (Å²) in [6.07, 6.45) is 0. The summed E-state index contributed by atoms with van der Waals surface area (Å²) in [6, 6.07) is 4.40. The average molecular weight is 286 g/mol. The van der Waals surface area contributed by atoms with Crippen molar-refractivity contribution in [3.8, 4) is 0 Å². The lowest BCUT2D eigenvalue weighted by Crippen LogP contribution is -2.34. The lowest BCUT2D eigenvalue weighted by Gasteiger charge is -2.08. The Morgan fingerprint density at radius 3 is 2.67 bits per heavy atom. The highest BCUT2D eigenvalue weighted by molar-refractivity contribution is 5.88. The molecule has 0 fully saturated rings. The van der Waals surface area contributed by atoms with Gasteiger partial charge in [-0.25, -0.2) is 4.99 Å². The zero-order valence-electron chi connectivity index (χ0n) is 13.7. The first-order valence-corrected chi connectivity index (χ1v) is 7.50. The van der Waals surface area contributed by atoms with E-state index in [1.807, 2.05) is 0 Å². The minimum absolute atomic E-state index is 0.512. The normalized spacial score (nSPS) is 12.4. The molecule has 2 rings (SSSR count). The standard InChI is InChI=1S/C17H26N4/c1-10(2)8-19-17(18)20-9-14-6-11(3)7-15-12(4)13(5)21-16(14)15/h6-7,10,21H,8-9H2,1-5H3,(H3,18,19,20). The van der Waals surface area contributed by atoms with Crippen LogP contribution in [0.2, 0.25) is 0 Å². The molecule has 0 spiro atoms. The van der Waals surface area contributed by atoms with Crippen LogP contribution in [-0.2, 0) is 6.54 Å². The Morgan fingerprint density at radius 1 is 1.29 bits per heavy atom. The summed E-state index contributed by atoms with van der Waals surface area (Å²) < 4.78 is 0. The second kappa shape index (κ2) is 6.20. The molecule has 21 heavy (non-hydrogen) atoms. The molecule has 0 amide bonds. The molecule has 0 aliphatic heterocycles. The lowest BCUT2D eigenvalue weighted by molar-refractivity contribution is 0.622. The highest BCUT2D eigenvalue weighted by atomic mass is 15.1. The van der Waals surface area contributed by atoms with E-state index >= 15 is 0 Å². The maximum atomic E-state index is 5.92. The number of hydrogen-bond acceptors (Lipinski definition) is 1. The summed E-state index contributed by atoms with van der Waals surface area (Å²) >= 11 is 0. The Morgan fingerprint density at radius 2 is 2.00 bits per heavy atom. The highest BCUT2D eigenvalue weighted by Crippen LogP contribution is 2.26. The van der Waals surface area contributed by atoms with E-state index in [0.717, 1.165) is 6.54 Å². The first-order chi connectivity index (χ1) is 9.88. The number of aryl methyl sites for hydroxylation is 3. The number of H-pyrrole nitrogens is 1. The molecular weight excluding hydrogens is 260 g/mol. The van der Waals surface area contributed by atoms with Crippen LogP contribution in [0.1, 0.15) is 36.2 Å². The molecule has 1 aromatic carbocycles. The van der Waals surface area contributed by atoms with Crippen LogP contribution < -0.4 is 11.1 Å². The summed E-state index contributed by atoms with van der Waals surface area (Å²) in [5.74, 6) is 1.07. The number of guanidine groups is 1. The fourth-order valence-electron chi connectivity index (χ4n) is 2.45. The molecule has 2 aromatic rings. The summed E-state index contributed by atoms with van der Waals surface area (Å²) in [5, 5.41) is 4.43. The number of aromatic nitrogens is 1. The summed E-state index contributed by atoms with van der Waals surface area (Å²) in [5.41, 5.74) is 12.1. The maximum Gasteiger partial charge on any atom is 0.188 e. The van der Waals surface area contributed by atoms with Crippen LogP contribution in [0.4, 0.5) is 0 Å². The number of hydrogen-bond donors (Lipinski definition) is 3. The van der Waals surface area contributed by atoms with Gasteiger partial charge in [-0.05, 0) is 43.9 Å². The van der Waals surface area contributed by atoms with E-state index in [0.29, 0.717) is 18.4 Å². The lowest BCUT2D eigenvalue weighted by atomic mass is 10.0. The van der Waals surface area contributed by atoms with E-state index in [1.54, 1.807) is 0 Å². The molecule has 1 heterocycles. The first-order valence-electron chi connectivity index (χ1n) is 7.50. The van der Waals surface area contributed by atoms with Crippen LogP contribution in [0.15, 0.2) is 17.1 Å². The van der Waals surface area contributed by atoms with Crippen molar-refractivity contribution in [2.24, 2.45) is 16.6 Å². The van der Waals surface area contributed by atoms with Crippen LogP contribution in [0.25, 0.3) is 10.9 Å². The van der Waals surface area contributed by atoms with Crippen molar-refractivity contribution in [1.82, 2.24) is 10.3 Å². The van der Waals surface area contributed by atoms with Gasteiger partial charge in [0, 0.05) is 17.6 Å². The smallest absolute Gasteiger partial charge is 0.188 e. The zero-order chi connectivity index (χ0) is 15.6. The summed E-state index contributed by atoms with van der Waals surface area (Å²) in [7, 11) is 0. The fourth-order valence-corrected chi connectivity index (χ4v) is 2.45. The van der Waals surface area contributed by atoms with Gasteiger partial charge in [-0.3, -0.25) is 0 Å². The topological polar surface area (TPSA) is 66.2 Å². The van der Waals surface area contributed by atoms with Crippen LogP contribution in [0, 0.1) is 26.7 Å². The molecule has 0 atom stereocenters. The number of aromatic amines is 1. The summed E-state index contributed by atoms with van der Waals surface area (Å²) in [6.45, 7) is 12.1. The van der Waals surface area contributed by atoms with Gasteiger partial charge in [-0.15, -0.1) is 0 Å². The van der Waals surface area contributed by atoms with Gasteiger partial charge in [0.1, 0.15) is 0 Å². The van der Waals surface area contributed by atoms with Crippen LogP contribution in [-0.4, -0.2) is 17.5 Å². The Kier molecular flexibility index (Phi) is 4.56. The molecule has 0 radical (unpaired) electrons. The van der Waals surface area contributed by atoms with E-state index in [4.69, 9.17) is 5.73 Å². The fraction of sp³-hybridized carbons (Fsp3) is 0.471. The van der Waals surface area contributed by atoms with Crippen LogP contribution in [0.5, 0.6) is 0 Å². The third-order valence-electron chi connectivity index (χ3n) is 3.75. The van der Waals surface area contributed by atoms with Crippen LogP contribution >= 0.6 is 0 Å². The molecule has 0 saturated heterocycles. The number of rotatable bonds is 4. The van der Waals surface area contributed by atoms with Gasteiger partial charge in [-0.1, -0.05) is 25.5 Å². The predicted molar refractivity (Wildman–Crippen MR) is 90.7 cm³/mol. The highest BCUT2D eigenvalue weighted by Gasteiger charge is 2.09. The third-order valence-corrected chi connectivity index (χ3v) is 3.75. The van der Waals surface area contributed by atoms with Gasteiger partial charge < -0.3 is 16.0 Å². The largest absolute Gasteiger partial charge is 0.370 e. The number of nitrogens with one attached hydrogen (secondary N) is 2. The molecule has 0 bridgehead atoms. The van der Waals surface area contributed by atoms with Crippen molar-refractivity contribution in [1.29, 1.82) is 0 Å². The second-order valence-electron chi connectivity index (χ2n) is 6.20. The molecule has 0 aliphatic carbocycles. The van der Waals surface area contributed by atoms with Gasteiger partial charge in [0.15, 0.2) is 5.96 Å². The predicted octanol–water partition coefficient (Wildman–Crippen LogP) is 3.15. The van der Waals surface area contributed by atoms with E-state index in [9.17, 15) is 0 Å². The molecule has 4 nitrogen and oxygen atoms in total. The summed E-state index contributed by atoms with van der Waals surface area (Å²) in [4.78, 5) is 7.93. The van der Waals surface area contributed by atoms with Gasteiger partial charge in [0.05, 0.1) is 12.1 Å².